The zero-order chi connectivity index (χ0) is 15.0. The van der Waals surface area contributed by atoms with Crippen molar-refractivity contribution in [2.24, 2.45) is 11.8 Å². The van der Waals surface area contributed by atoms with Gasteiger partial charge in [-0.05, 0) is 44.3 Å². The second-order valence-corrected chi connectivity index (χ2v) is 6.38. The number of carbonyl (C=O) groups is 2. The predicted octanol–water partition coefficient (Wildman–Crippen LogP) is 2.32. The summed E-state index contributed by atoms with van der Waals surface area (Å²) in [5.41, 5.74) is 0. The van der Waals surface area contributed by atoms with Crippen LogP contribution in [0.5, 0.6) is 0 Å². The van der Waals surface area contributed by atoms with E-state index in [1.54, 1.807) is 11.8 Å². The summed E-state index contributed by atoms with van der Waals surface area (Å²) in [7, 11) is 0. The van der Waals surface area contributed by atoms with Crippen LogP contribution >= 0.6 is 11.8 Å². The molecule has 0 heterocycles. The minimum absolute atomic E-state index is 0.105. The fourth-order valence-corrected chi connectivity index (χ4v) is 3.27. The molecule has 0 radical (unpaired) electrons. The molecule has 0 aromatic heterocycles. The van der Waals surface area contributed by atoms with E-state index < -0.39 is 5.97 Å². The average Bonchev–Trinajstić information content (AvgIpc) is 2.45. The summed E-state index contributed by atoms with van der Waals surface area (Å²) in [6.45, 7) is 2.71. The Morgan fingerprint density at radius 3 is 2.45 bits per heavy atom. The van der Waals surface area contributed by atoms with Gasteiger partial charge in [-0.3, -0.25) is 4.79 Å². The van der Waals surface area contributed by atoms with E-state index in [1.807, 2.05) is 6.26 Å². The number of hydrogen-bond donors (Lipinski definition) is 3. The molecule has 1 saturated carbocycles. The van der Waals surface area contributed by atoms with Crippen LogP contribution in [-0.4, -0.2) is 41.7 Å². The first kappa shape index (κ1) is 17.1. The number of thioether (sulfide) groups is 1. The van der Waals surface area contributed by atoms with Crippen LogP contribution in [0, 0.1) is 11.8 Å². The molecule has 0 aromatic rings. The third-order valence-electron chi connectivity index (χ3n) is 3.94. The quantitative estimate of drug-likeness (QED) is 0.674. The maximum Gasteiger partial charge on any atom is 0.315 e. The molecule has 0 saturated heterocycles. The molecule has 1 atom stereocenters. The lowest BCUT2D eigenvalue weighted by Gasteiger charge is -2.26. The van der Waals surface area contributed by atoms with Gasteiger partial charge in [0.25, 0.3) is 0 Å². The van der Waals surface area contributed by atoms with E-state index in [0.717, 1.165) is 37.9 Å². The van der Waals surface area contributed by atoms with E-state index in [9.17, 15) is 9.59 Å². The summed E-state index contributed by atoms with van der Waals surface area (Å²) in [6.07, 6.45) is 6.19. The molecule has 1 aliphatic rings. The zero-order valence-electron chi connectivity index (χ0n) is 12.4. The highest BCUT2D eigenvalue weighted by atomic mass is 32.2. The lowest BCUT2D eigenvalue weighted by Crippen LogP contribution is -2.44. The van der Waals surface area contributed by atoms with Gasteiger partial charge in [-0.25, -0.2) is 4.79 Å². The first-order chi connectivity index (χ1) is 9.56. The van der Waals surface area contributed by atoms with Crippen molar-refractivity contribution >= 4 is 23.8 Å². The minimum Gasteiger partial charge on any atom is -0.481 e. The summed E-state index contributed by atoms with van der Waals surface area (Å²) in [5.74, 6) is 0.466. The van der Waals surface area contributed by atoms with Gasteiger partial charge >= 0.3 is 12.0 Å². The minimum atomic E-state index is -0.683. The van der Waals surface area contributed by atoms with Crippen molar-refractivity contribution in [3.8, 4) is 0 Å². The van der Waals surface area contributed by atoms with Gasteiger partial charge in [0.15, 0.2) is 0 Å². The molecule has 3 N–H and O–H groups in total. The largest absolute Gasteiger partial charge is 0.481 e. The van der Waals surface area contributed by atoms with Gasteiger partial charge in [0, 0.05) is 18.3 Å². The van der Waals surface area contributed by atoms with Crippen LogP contribution in [0.2, 0.25) is 0 Å². The molecular weight excluding hydrogens is 276 g/mol. The van der Waals surface area contributed by atoms with Crippen molar-refractivity contribution in [2.75, 3.05) is 18.6 Å². The second kappa shape index (κ2) is 9.10. The summed E-state index contributed by atoms with van der Waals surface area (Å²) >= 11 is 1.73. The molecular formula is C14H26N2O3S. The van der Waals surface area contributed by atoms with E-state index >= 15 is 0 Å². The van der Waals surface area contributed by atoms with Crippen LogP contribution in [0.4, 0.5) is 4.79 Å². The number of urea groups is 1. The number of aliphatic carboxylic acids is 1. The van der Waals surface area contributed by atoms with Gasteiger partial charge in [-0.2, -0.15) is 11.8 Å². The number of rotatable bonds is 7. The summed E-state index contributed by atoms with van der Waals surface area (Å²) in [6, 6.07) is 0.110. The lowest BCUT2D eigenvalue weighted by molar-refractivity contribution is -0.143. The van der Waals surface area contributed by atoms with Crippen molar-refractivity contribution in [2.45, 2.75) is 45.1 Å². The Morgan fingerprint density at radius 1 is 1.30 bits per heavy atom. The molecule has 1 aliphatic carbocycles. The molecule has 0 bridgehead atoms. The van der Waals surface area contributed by atoms with Gasteiger partial charge in [0.05, 0.1) is 5.92 Å². The van der Waals surface area contributed by atoms with E-state index in [4.69, 9.17) is 5.11 Å². The SMILES string of the molecule is CCC(CSC)NC(=O)NCC1CCC(C(=O)O)CC1. The van der Waals surface area contributed by atoms with Crippen molar-refractivity contribution < 1.29 is 14.7 Å². The zero-order valence-corrected chi connectivity index (χ0v) is 13.2. The maximum absolute atomic E-state index is 11.8. The predicted molar refractivity (Wildman–Crippen MR) is 82.1 cm³/mol. The van der Waals surface area contributed by atoms with Gasteiger partial charge < -0.3 is 15.7 Å². The number of nitrogens with one attached hydrogen (secondary N) is 2. The second-order valence-electron chi connectivity index (χ2n) is 5.47. The first-order valence-electron chi connectivity index (χ1n) is 7.32. The maximum atomic E-state index is 11.8. The fourth-order valence-electron chi connectivity index (χ4n) is 2.55. The van der Waals surface area contributed by atoms with Crippen molar-refractivity contribution in [1.82, 2.24) is 10.6 Å². The molecule has 20 heavy (non-hydrogen) atoms. The Bertz CT molecular complexity index is 318. The van der Waals surface area contributed by atoms with E-state index in [1.165, 1.54) is 0 Å². The number of carbonyl (C=O) groups excluding carboxylic acids is 1. The van der Waals surface area contributed by atoms with Crippen LogP contribution in [0.1, 0.15) is 39.0 Å². The number of carboxylic acid groups (broad SMARTS) is 1. The molecule has 5 nitrogen and oxygen atoms in total. The highest BCUT2D eigenvalue weighted by molar-refractivity contribution is 7.98. The van der Waals surface area contributed by atoms with Crippen molar-refractivity contribution in [3.05, 3.63) is 0 Å². The van der Waals surface area contributed by atoms with E-state index in [-0.39, 0.29) is 18.0 Å². The van der Waals surface area contributed by atoms with Crippen LogP contribution in [0.3, 0.4) is 0 Å². The van der Waals surface area contributed by atoms with Crippen LogP contribution < -0.4 is 10.6 Å². The highest BCUT2D eigenvalue weighted by Gasteiger charge is 2.26. The van der Waals surface area contributed by atoms with Crippen LogP contribution in [-0.2, 0) is 4.79 Å². The third-order valence-corrected chi connectivity index (χ3v) is 4.68. The molecule has 1 fully saturated rings. The Morgan fingerprint density at radius 2 is 1.95 bits per heavy atom. The molecule has 0 spiro atoms. The van der Waals surface area contributed by atoms with Crippen LogP contribution in [0.25, 0.3) is 0 Å². The van der Waals surface area contributed by atoms with E-state index in [0.29, 0.717) is 12.5 Å². The third kappa shape index (κ3) is 6.03. The first-order valence-corrected chi connectivity index (χ1v) is 8.72. The Labute approximate surface area is 125 Å². The molecule has 116 valence electrons. The monoisotopic (exact) mass is 302 g/mol. The number of hydrogen-bond acceptors (Lipinski definition) is 3. The van der Waals surface area contributed by atoms with E-state index in [2.05, 4.69) is 17.6 Å². The molecule has 2 amide bonds. The van der Waals surface area contributed by atoms with Crippen LogP contribution in [0.15, 0.2) is 0 Å². The normalized spacial score (nSPS) is 23.9. The Kier molecular flexibility index (Phi) is 7.80. The van der Waals surface area contributed by atoms with Gasteiger partial charge in [-0.1, -0.05) is 6.92 Å². The topological polar surface area (TPSA) is 78.4 Å². The molecule has 6 heteroatoms. The van der Waals surface area contributed by atoms with Gasteiger partial charge in [-0.15, -0.1) is 0 Å². The van der Waals surface area contributed by atoms with Crippen molar-refractivity contribution in [1.29, 1.82) is 0 Å². The fraction of sp³-hybridized carbons (Fsp3) is 0.857. The Hall–Kier alpha value is -0.910. The van der Waals surface area contributed by atoms with Gasteiger partial charge in [0.2, 0.25) is 0 Å². The highest BCUT2D eigenvalue weighted by Crippen LogP contribution is 2.28. The summed E-state index contributed by atoms with van der Waals surface area (Å²) in [4.78, 5) is 22.6. The standard InChI is InChI=1S/C14H26N2O3S/c1-3-12(9-20-2)16-14(19)15-8-10-4-6-11(7-5-10)13(17)18/h10-12H,3-9H2,1-2H3,(H,17,18)(H2,15,16,19). The molecule has 0 aromatic carbocycles. The number of amides is 2. The molecule has 1 rings (SSSR count). The lowest BCUT2D eigenvalue weighted by atomic mass is 9.82. The molecule has 0 aliphatic heterocycles. The van der Waals surface area contributed by atoms with Crippen molar-refractivity contribution in [3.63, 3.8) is 0 Å². The summed E-state index contributed by atoms with van der Waals surface area (Å²) in [5, 5.41) is 14.8. The summed E-state index contributed by atoms with van der Waals surface area (Å²) < 4.78 is 0. The molecule has 1 unspecified atom stereocenters. The smallest absolute Gasteiger partial charge is 0.315 e. The average molecular weight is 302 g/mol. The Balaban J connectivity index is 2.20. The van der Waals surface area contributed by atoms with Gasteiger partial charge in [0.1, 0.15) is 0 Å². The number of carboxylic acids is 1.